The molecule has 146 valence electrons. The number of para-hydroxylation sites is 1. The van der Waals surface area contributed by atoms with E-state index in [1.807, 2.05) is 73.8 Å². The standard InChI is InChI=1S/C23H20N2O3S/c1-14-7-5-9-16(13-14)24-22(26)19-20(18-11-6-12-29-18)25(28-21(19)23(24)27)17-10-4-3-8-15(17)2/h3-13,19-21H,1-2H3/t19-,20+,21-/m0/s1. The zero-order valence-electron chi connectivity index (χ0n) is 16.1. The molecule has 0 radical (unpaired) electrons. The van der Waals surface area contributed by atoms with Crippen LogP contribution in [0.4, 0.5) is 11.4 Å². The maximum atomic E-state index is 13.5. The number of aryl methyl sites for hydroxylation is 2. The first-order chi connectivity index (χ1) is 14.1. The third kappa shape index (κ3) is 2.79. The Hall–Kier alpha value is -2.96. The maximum absolute atomic E-state index is 13.5. The minimum Gasteiger partial charge on any atom is -0.273 e. The van der Waals surface area contributed by atoms with Gasteiger partial charge in [-0.3, -0.25) is 14.4 Å². The minimum atomic E-state index is -0.824. The van der Waals surface area contributed by atoms with E-state index in [1.165, 1.54) is 4.90 Å². The van der Waals surface area contributed by atoms with Gasteiger partial charge in [0.2, 0.25) is 5.91 Å². The Morgan fingerprint density at radius 1 is 0.931 bits per heavy atom. The van der Waals surface area contributed by atoms with Crippen molar-refractivity contribution in [2.45, 2.75) is 26.0 Å². The Morgan fingerprint density at radius 2 is 1.76 bits per heavy atom. The molecule has 2 saturated heterocycles. The highest BCUT2D eigenvalue weighted by atomic mass is 32.1. The van der Waals surface area contributed by atoms with Gasteiger partial charge in [0.05, 0.1) is 11.4 Å². The number of rotatable bonds is 3. The van der Waals surface area contributed by atoms with Gasteiger partial charge in [-0.05, 0) is 54.6 Å². The van der Waals surface area contributed by atoms with Crippen molar-refractivity contribution in [3.63, 3.8) is 0 Å². The molecule has 6 heteroatoms. The zero-order chi connectivity index (χ0) is 20.1. The first-order valence-corrected chi connectivity index (χ1v) is 10.4. The lowest BCUT2D eigenvalue weighted by Crippen LogP contribution is -2.37. The second-order valence-corrected chi connectivity index (χ2v) is 8.45. The largest absolute Gasteiger partial charge is 0.273 e. The lowest BCUT2D eigenvalue weighted by Gasteiger charge is -2.29. The van der Waals surface area contributed by atoms with E-state index in [1.54, 1.807) is 22.5 Å². The smallest absolute Gasteiger partial charge is 0.266 e. The molecule has 2 fully saturated rings. The number of anilines is 2. The van der Waals surface area contributed by atoms with E-state index in [0.717, 1.165) is 21.7 Å². The van der Waals surface area contributed by atoms with E-state index in [0.29, 0.717) is 5.69 Å². The van der Waals surface area contributed by atoms with E-state index in [9.17, 15) is 9.59 Å². The normalized spacial score (nSPS) is 23.7. The van der Waals surface area contributed by atoms with Crippen molar-refractivity contribution in [1.82, 2.24) is 0 Å². The highest BCUT2D eigenvalue weighted by Gasteiger charge is 2.60. The predicted molar refractivity (Wildman–Crippen MR) is 113 cm³/mol. The summed E-state index contributed by atoms with van der Waals surface area (Å²) >= 11 is 1.57. The predicted octanol–water partition coefficient (Wildman–Crippen LogP) is 4.42. The molecule has 5 nitrogen and oxygen atoms in total. The number of hydroxylamine groups is 1. The van der Waals surface area contributed by atoms with Gasteiger partial charge >= 0.3 is 0 Å². The molecule has 0 unspecified atom stereocenters. The SMILES string of the molecule is Cc1cccc(N2C(=O)[C@@H]3[C@H](ON(c4ccccc4C)[C@@H]3c3cccs3)C2=O)c1. The molecule has 2 aliphatic rings. The lowest BCUT2D eigenvalue weighted by molar-refractivity contribution is -0.126. The van der Waals surface area contributed by atoms with Crippen LogP contribution in [-0.2, 0) is 14.4 Å². The molecule has 3 atom stereocenters. The average Bonchev–Trinajstić information content (AvgIpc) is 3.40. The summed E-state index contributed by atoms with van der Waals surface area (Å²) in [4.78, 5) is 35.2. The average molecular weight is 404 g/mol. The fourth-order valence-corrected chi connectivity index (χ4v) is 5.06. The number of nitrogens with zero attached hydrogens (tertiary/aromatic N) is 2. The first kappa shape index (κ1) is 18.1. The van der Waals surface area contributed by atoms with Gasteiger partial charge in [0, 0.05) is 4.88 Å². The molecule has 2 amide bonds. The minimum absolute atomic E-state index is 0.208. The number of hydrogen-bond donors (Lipinski definition) is 0. The van der Waals surface area contributed by atoms with Crippen molar-refractivity contribution in [1.29, 1.82) is 0 Å². The van der Waals surface area contributed by atoms with Crippen LogP contribution in [0.5, 0.6) is 0 Å². The van der Waals surface area contributed by atoms with Gasteiger partial charge in [0.1, 0.15) is 12.0 Å². The molecule has 0 N–H and O–H groups in total. The number of carbonyl (C=O) groups is 2. The van der Waals surface area contributed by atoms with Crippen LogP contribution < -0.4 is 9.96 Å². The highest BCUT2D eigenvalue weighted by Crippen LogP contribution is 2.49. The van der Waals surface area contributed by atoms with E-state index in [2.05, 4.69) is 0 Å². The van der Waals surface area contributed by atoms with Crippen LogP contribution in [0.15, 0.2) is 66.0 Å². The number of fused-ring (bicyclic) bond motifs is 1. The Kier molecular flexibility index (Phi) is 4.26. The molecule has 1 aromatic heterocycles. The number of thiophene rings is 1. The van der Waals surface area contributed by atoms with Crippen molar-refractivity contribution >= 4 is 34.5 Å². The van der Waals surface area contributed by atoms with Gasteiger partial charge in [-0.15, -0.1) is 11.3 Å². The maximum Gasteiger partial charge on any atom is 0.266 e. The van der Waals surface area contributed by atoms with Gasteiger partial charge in [-0.25, -0.2) is 9.96 Å². The third-order valence-corrected chi connectivity index (χ3v) is 6.51. The van der Waals surface area contributed by atoms with Crippen LogP contribution >= 0.6 is 11.3 Å². The van der Waals surface area contributed by atoms with Gasteiger partial charge < -0.3 is 0 Å². The Morgan fingerprint density at radius 3 is 2.48 bits per heavy atom. The highest BCUT2D eigenvalue weighted by molar-refractivity contribution is 7.10. The van der Waals surface area contributed by atoms with Gasteiger partial charge in [0.25, 0.3) is 5.91 Å². The Labute approximate surface area is 173 Å². The summed E-state index contributed by atoms with van der Waals surface area (Å²) in [6.07, 6.45) is -0.824. The summed E-state index contributed by atoms with van der Waals surface area (Å²) in [6.45, 7) is 3.95. The van der Waals surface area contributed by atoms with Crippen molar-refractivity contribution in [3.8, 4) is 0 Å². The zero-order valence-corrected chi connectivity index (χ0v) is 16.9. The number of amides is 2. The fourth-order valence-electron chi connectivity index (χ4n) is 4.20. The molecule has 5 rings (SSSR count). The van der Waals surface area contributed by atoms with E-state index >= 15 is 0 Å². The summed E-state index contributed by atoms with van der Waals surface area (Å²) in [6, 6.07) is 18.9. The molecule has 3 aromatic rings. The summed E-state index contributed by atoms with van der Waals surface area (Å²) in [7, 11) is 0. The van der Waals surface area contributed by atoms with Gasteiger partial charge in [-0.1, -0.05) is 36.4 Å². The molecule has 29 heavy (non-hydrogen) atoms. The van der Waals surface area contributed by atoms with E-state index in [-0.39, 0.29) is 17.9 Å². The van der Waals surface area contributed by atoms with Crippen molar-refractivity contribution in [3.05, 3.63) is 82.0 Å². The Bertz CT molecular complexity index is 1100. The number of imide groups is 1. The van der Waals surface area contributed by atoms with Crippen molar-refractivity contribution in [2.24, 2.45) is 5.92 Å². The molecule has 0 bridgehead atoms. The fraction of sp³-hybridized carbons (Fsp3) is 0.217. The van der Waals surface area contributed by atoms with Crippen LogP contribution in [0.3, 0.4) is 0 Å². The summed E-state index contributed by atoms with van der Waals surface area (Å²) < 4.78 is 0. The van der Waals surface area contributed by atoms with Crippen LogP contribution in [-0.4, -0.2) is 17.9 Å². The Balaban J connectivity index is 1.59. The third-order valence-electron chi connectivity index (χ3n) is 5.56. The molecule has 2 aliphatic heterocycles. The summed E-state index contributed by atoms with van der Waals surface area (Å²) in [5.74, 6) is -1.09. The van der Waals surface area contributed by atoms with Crippen LogP contribution in [0.2, 0.25) is 0 Å². The number of carbonyl (C=O) groups excluding carboxylic acids is 2. The second kappa shape index (κ2) is 6.83. The van der Waals surface area contributed by atoms with E-state index in [4.69, 9.17) is 4.84 Å². The molecule has 3 heterocycles. The monoisotopic (exact) mass is 404 g/mol. The first-order valence-electron chi connectivity index (χ1n) is 9.56. The van der Waals surface area contributed by atoms with Crippen LogP contribution in [0.25, 0.3) is 0 Å². The number of hydrogen-bond acceptors (Lipinski definition) is 5. The lowest BCUT2D eigenvalue weighted by atomic mass is 9.95. The molecule has 0 aliphatic carbocycles. The van der Waals surface area contributed by atoms with Gasteiger partial charge in [-0.2, -0.15) is 0 Å². The van der Waals surface area contributed by atoms with Crippen molar-refractivity contribution in [2.75, 3.05) is 9.96 Å². The molecule has 0 saturated carbocycles. The van der Waals surface area contributed by atoms with E-state index < -0.39 is 12.0 Å². The van der Waals surface area contributed by atoms with Crippen LogP contribution in [0, 0.1) is 19.8 Å². The summed E-state index contributed by atoms with van der Waals surface area (Å²) in [5.41, 5.74) is 3.51. The summed E-state index contributed by atoms with van der Waals surface area (Å²) in [5, 5.41) is 3.75. The second-order valence-electron chi connectivity index (χ2n) is 7.48. The molecular weight excluding hydrogens is 384 g/mol. The molecule has 0 spiro atoms. The van der Waals surface area contributed by atoms with Crippen LogP contribution in [0.1, 0.15) is 22.0 Å². The molecule has 2 aromatic carbocycles. The quantitative estimate of drug-likeness (QED) is 0.607. The van der Waals surface area contributed by atoms with Gasteiger partial charge in [0.15, 0.2) is 6.10 Å². The van der Waals surface area contributed by atoms with Crippen molar-refractivity contribution < 1.29 is 14.4 Å². The molecular formula is C23H20N2O3S. The topological polar surface area (TPSA) is 49.9 Å². The number of benzene rings is 2.